The molecular formula is C62H44O7P2. The molecule has 7 nitrogen and oxygen atoms in total. The molecule has 0 radical (unpaired) electrons. The Hall–Kier alpha value is -8.60. The molecule has 0 saturated heterocycles. The summed E-state index contributed by atoms with van der Waals surface area (Å²) in [4.78, 5) is 0. The predicted octanol–water partition coefficient (Wildman–Crippen LogP) is 17.9. The maximum Gasteiger partial charge on any atom is 0.530 e. The van der Waals surface area contributed by atoms with E-state index in [1.165, 1.54) is 0 Å². The van der Waals surface area contributed by atoms with Gasteiger partial charge in [0.2, 0.25) is 0 Å². The van der Waals surface area contributed by atoms with Crippen LogP contribution in [0.5, 0.6) is 40.2 Å². The van der Waals surface area contributed by atoms with E-state index in [1.54, 1.807) is 0 Å². The van der Waals surface area contributed by atoms with Crippen LogP contribution in [0.4, 0.5) is 0 Å². The van der Waals surface area contributed by atoms with Gasteiger partial charge < -0.3 is 32.2 Å². The van der Waals surface area contributed by atoms with E-state index in [2.05, 4.69) is 0 Å². The maximum atomic E-state index is 12.7. The molecule has 11 aromatic carbocycles. The van der Waals surface area contributed by atoms with Gasteiger partial charge in [-0.25, -0.2) is 0 Å². The van der Waals surface area contributed by atoms with Gasteiger partial charge in [0.1, 0.15) is 40.2 Å². The van der Waals surface area contributed by atoms with Crippen molar-refractivity contribution in [2.75, 3.05) is 0 Å². The van der Waals surface area contributed by atoms with Gasteiger partial charge in [0.05, 0.1) is 10.8 Å². The van der Waals surface area contributed by atoms with Crippen molar-refractivity contribution in [1.82, 2.24) is 0 Å². The Kier molecular flexibility index (Phi) is 13.2. The third-order valence-electron chi connectivity index (χ3n) is 11.8. The van der Waals surface area contributed by atoms with Gasteiger partial charge in [-0.15, -0.1) is 0 Å². The van der Waals surface area contributed by atoms with Crippen LogP contribution in [0.25, 0.3) is 66.1 Å². The molecule has 11 rings (SSSR count). The van der Waals surface area contributed by atoms with E-state index in [1.807, 2.05) is 261 Å². The molecule has 0 aliphatic rings. The zero-order valence-corrected chi connectivity index (χ0v) is 39.9. The lowest BCUT2D eigenvalue weighted by molar-refractivity contribution is 0.390. The third-order valence-corrected chi connectivity index (χ3v) is 13.9. The molecule has 0 saturated carbocycles. The molecule has 0 heterocycles. The molecule has 0 atom stereocenters. The Morgan fingerprint density at radius 2 is 0.479 bits per heavy atom. The quantitative estimate of drug-likeness (QED) is 0.0764. The lowest BCUT2D eigenvalue weighted by atomic mass is 10.0. The van der Waals surface area contributed by atoms with Crippen molar-refractivity contribution in [3.8, 4) is 84.8 Å². The Labute approximate surface area is 414 Å². The average Bonchev–Trinajstić information content (AvgIpc) is 3.42. The largest absolute Gasteiger partial charge is 0.530 e. The second kappa shape index (κ2) is 21.0. The smallest absolute Gasteiger partial charge is 0.506 e. The Balaban J connectivity index is 1.00. The maximum absolute atomic E-state index is 12.7. The number of hydrogen-bond acceptors (Lipinski definition) is 7. The summed E-state index contributed by atoms with van der Waals surface area (Å²) in [5.74, 6) is 2.93. The first-order valence-electron chi connectivity index (χ1n) is 23.1. The zero-order chi connectivity index (χ0) is 47.8. The van der Waals surface area contributed by atoms with E-state index in [4.69, 9.17) is 27.1 Å². The van der Waals surface area contributed by atoms with Crippen molar-refractivity contribution in [3.05, 3.63) is 261 Å². The molecule has 0 amide bonds. The van der Waals surface area contributed by atoms with Gasteiger partial charge in [-0.3, -0.25) is 0 Å². The zero-order valence-electron chi connectivity index (χ0n) is 38.1. The van der Waals surface area contributed by atoms with E-state index >= 15 is 0 Å². The average molecular weight is 963 g/mol. The molecule has 71 heavy (non-hydrogen) atoms. The van der Waals surface area contributed by atoms with Gasteiger partial charge in [0, 0.05) is 22.3 Å². The summed E-state index contributed by atoms with van der Waals surface area (Å²) in [6.07, 6.45) is 0. The summed E-state index contributed by atoms with van der Waals surface area (Å²) in [6.45, 7) is 0. The monoisotopic (exact) mass is 962 g/mol. The highest BCUT2D eigenvalue weighted by molar-refractivity contribution is 7.43. The summed E-state index contributed by atoms with van der Waals surface area (Å²) in [5.41, 5.74) is 7.39. The standard InChI is InChI=1S/C62H44O7P2/c63-62-60-48(31-21-41-58(60)68-70(64-54-37-17-13-33-50(54)44-23-5-1-6-24-44)65-55-38-18-14-34-51(55)45-25-7-2-8-26-45)43-49-32-22-42-59(61(49)62)69-71(66-56-39-19-15-35-52(56)46-27-9-3-10-28-46)67-57-40-20-16-36-53(57)47-29-11-4-12-30-47/h1-43,63H. The fourth-order valence-electron chi connectivity index (χ4n) is 8.49. The van der Waals surface area contributed by atoms with Crippen LogP contribution in [-0.4, -0.2) is 5.11 Å². The molecule has 1 N–H and O–H groups in total. The van der Waals surface area contributed by atoms with Crippen molar-refractivity contribution in [1.29, 1.82) is 0 Å². The topological polar surface area (TPSA) is 75.6 Å². The number of benzene rings is 11. The fraction of sp³-hybridized carbons (Fsp3) is 0. The molecule has 0 spiro atoms. The molecule has 9 heteroatoms. The lowest BCUT2D eigenvalue weighted by Crippen LogP contribution is -2.05. The molecule has 0 aliphatic carbocycles. The Bertz CT molecular complexity index is 3180. The van der Waals surface area contributed by atoms with Crippen LogP contribution in [0, 0.1) is 0 Å². The second-order valence-corrected chi connectivity index (χ2v) is 18.4. The normalized spacial score (nSPS) is 11.1. The number of rotatable bonds is 16. The van der Waals surface area contributed by atoms with Crippen molar-refractivity contribution < 1.29 is 32.2 Å². The minimum absolute atomic E-state index is 0.0580. The van der Waals surface area contributed by atoms with Crippen molar-refractivity contribution in [2.24, 2.45) is 0 Å². The summed E-state index contributed by atoms with van der Waals surface area (Å²) in [5, 5.41) is 15.1. The van der Waals surface area contributed by atoms with E-state index in [-0.39, 0.29) is 5.75 Å². The van der Waals surface area contributed by atoms with Gasteiger partial charge in [-0.05, 0) is 75.5 Å². The van der Waals surface area contributed by atoms with Gasteiger partial charge in [-0.2, -0.15) is 0 Å². The SMILES string of the molecule is Oc1c2c(OP(Oc3ccccc3-c3ccccc3)Oc3ccccc3-c3ccccc3)cccc2cc2cccc(OP(Oc3ccccc3-c3ccccc3)Oc3ccccc3-c3ccccc3)c12. The number of phenols is 1. The Morgan fingerprint density at radius 1 is 0.239 bits per heavy atom. The molecule has 0 aromatic heterocycles. The number of para-hydroxylation sites is 4. The Morgan fingerprint density at radius 3 is 0.775 bits per heavy atom. The first kappa shape index (κ1) is 44.9. The third kappa shape index (κ3) is 9.97. The molecular weight excluding hydrogens is 919 g/mol. The fourth-order valence-corrected chi connectivity index (χ4v) is 10.6. The minimum atomic E-state index is -2.23. The van der Waals surface area contributed by atoms with Crippen LogP contribution >= 0.6 is 17.2 Å². The summed E-state index contributed by atoms with van der Waals surface area (Å²) >= 11 is 0. The molecule has 11 aromatic rings. The van der Waals surface area contributed by atoms with Crippen LogP contribution in [-0.2, 0) is 0 Å². The van der Waals surface area contributed by atoms with Crippen LogP contribution in [0.15, 0.2) is 261 Å². The molecule has 344 valence electrons. The molecule has 0 fully saturated rings. The van der Waals surface area contributed by atoms with Gasteiger partial charge in [-0.1, -0.05) is 218 Å². The molecule has 0 bridgehead atoms. The van der Waals surface area contributed by atoms with Crippen LogP contribution < -0.4 is 27.1 Å². The second-order valence-electron chi connectivity index (χ2n) is 16.4. The first-order chi connectivity index (χ1) is 35.1. The minimum Gasteiger partial charge on any atom is -0.506 e. The van der Waals surface area contributed by atoms with E-state index in [9.17, 15) is 5.11 Å². The van der Waals surface area contributed by atoms with Crippen LogP contribution in [0.2, 0.25) is 0 Å². The molecule has 0 unspecified atom stereocenters. The highest BCUT2D eigenvalue weighted by Crippen LogP contribution is 2.53. The lowest BCUT2D eigenvalue weighted by Gasteiger charge is -2.23. The van der Waals surface area contributed by atoms with E-state index in [0.29, 0.717) is 45.3 Å². The van der Waals surface area contributed by atoms with Gasteiger partial charge >= 0.3 is 17.2 Å². The highest BCUT2D eigenvalue weighted by atomic mass is 31.2. The summed E-state index contributed by atoms with van der Waals surface area (Å²) in [6, 6.07) is 84.7. The van der Waals surface area contributed by atoms with Gasteiger partial charge in [0.25, 0.3) is 0 Å². The molecule has 0 aliphatic heterocycles. The summed E-state index contributed by atoms with van der Waals surface area (Å²) < 4.78 is 41.1. The number of aromatic hydroxyl groups is 1. The number of fused-ring (bicyclic) bond motifs is 2. The van der Waals surface area contributed by atoms with E-state index < -0.39 is 17.2 Å². The van der Waals surface area contributed by atoms with Crippen molar-refractivity contribution in [2.45, 2.75) is 0 Å². The highest BCUT2D eigenvalue weighted by Gasteiger charge is 2.28. The van der Waals surface area contributed by atoms with E-state index in [0.717, 1.165) is 55.3 Å². The van der Waals surface area contributed by atoms with Crippen LogP contribution in [0.1, 0.15) is 0 Å². The predicted molar refractivity (Wildman–Crippen MR) is 288 cm³/mol. The summed E-state index contributed by atoms with van der Waals surface area (Å²) in [7, 11) is -4.47. The van der Waals surface area contributed by atoms with Crippen LogP contribution in [0.3, 0.4) is 0 Å². The van der Waals surface area contributed by atoms with Gasteiger partial charge in [0.15, 0.2) is 0 Å². The first-order valence-corrected chi connectivity index (χ1v) is 25.3. The van der Waals surface area contributed by atoms with Crippen molar-refractivity contribution in [3.63, 3.8) is 0 Å². The number of phenolic OH excluding ortho intramolecular Hbond substituents is 1. The van der Waals surface area contributed by atoms with Crippen molar-refractivity contribution >= 4 is 38.7 Å². The number of hydrogen-bond donors (Lipinski definition) is 1.